The lowest BCUT2D eigenvalue weighted by molar-refractivity contribution is 0.0972. The summed E-state index contributed by atoms with van der Waals surface area (Å²) in [5.41, 5.74) is 5.38. The third kappa shape index (κ3) is 3.67. The Balaban J connectivity index is 1.35. The minimum Gasteiger partial charge on any atom is -0.438 e. The summed E-state index contributed by atoms with van der Waals surface area (Å²) >= 11 is 0. The van der Waals surface area contributed by atoms with Gasteiger partial charge >= 0.3 is 0 Å². The normalized spacial score (nSPS) is 14.6. The molecular weight excluding hydrogens is 400 g/mol. The van der Waals surface area contributed by atoms with E-state index >= 15 is 0 Å². The van der Waals surface area contributed by atoms with Gasteiger partial charge in [-0.2, -0.15) is 0 Å². The zero-order valence-electron chi connectivity index (χ0n) is 17.8. The Hall–Kier alpha value is -4.19. The summed E-state index contributed by atoms with van der Waals surface area (Å²) in [6.45, 7) is 1.95. The van der Waals surface area contributed by atoms with Gasteiger partial charge in [-0.1, -0.05) is 12.1 Å². The van der Waals surface area contributed by atoms with E-state index in [-0.39, 0.29) is 5.78 Å². The molecule has 1 N–H and O–H groups in total. The predicted octanol–water partition coefficient (Wildman–Crippen LogP) is 5.32. The number of Topliss-reactive ketones (excluding diaryl/α,β-unsaturated/α-hetero) is 1. The molecule has 1 aliphatic rings. The molecule has 1 atom stereocenters. The SMILES string of the molecule is Cc1cc(-c2cccnc2Oc2ccc(C(=O)C3Nc4ccccc4N3C)cc2)ccn1. The monoisotopic (exact) mass is 422 g/mol. The lowest BCUT2D eigenvalue weighted by Gasteiger charge is -2.21. The number of rotatable bonds is 5. The van der Waals surface area contributed by atoms with Crippen molar-refractivity contribution < 1.29 is 9.53 Å². The Morgan fingerprint density at radius 1 is 0.969 bits per heavy atom. The number of nitrogens with zero attached hydrogens (tertiary/aromatic N) is 3. The third-order valence-corrected chi connectivity index (χ3v) is 5.54. The summed E-state index contributed by atoms with van der Waals surface area (Å²) < 4.78 is 6.07. The van der Waals surface area contributed by atoms with E-state index < -0.39 is 6.17 Å². The largest absolute Gasteiger partial charge is 0.438 e. The molecule has 5 rings (SSSR count). The van der Waals surface area contributed by atoms with Crippen molar-refractivity contribution in [1.29, 1.82) is 0 Å². The van der Waals surface area contributed by atoms with E-state index in [1.54, 1.807) is 36.7 Å². The van der Waals surface area contributed by atoms with Crippen molar-refractivity contribution in [1.82, 2.24) is 9.97 Å². The summed E-state index contributed by atoms with van der Waals surface area (Å²) in [6.07, 6.45) is 3.04. The first-order valence-electron chi connectivity index (χ1n) is 10.4. The van der Waals surface area contributed by atoms with Gasteiger partial charge in [-0.25, -0.2) is 4.98 Å². The zero-order valence-corrected chi connectivity index (χ0v) is 17.8. The molecular formula is C26H22N4O2. The van der Waals surface area contributed by atoms with E-state index in [0.717, 1.165) is 28.2 Å². The Bertz CT molecular complexity index is 1290. The number of carbonyl (C=O) groups is 1. The fourth-order valence-electron chi connectivity index (χ4n) is 3.89. The Kier molecular flexibility index (Phi) is 5.03. The van der Waals surface area contributed by atoms with Crippen LogP contribution in [0.3, 0.4) is 0 Å². The molecule has 6 nitrogen and oxygen atoms in total. The van der Waals surface area contributed by atoms with Gasteiger partial charge in [0.25, 0.3) is 0 Å². The maximum absolute atomic E-state index is 13.1. The van der Waals surface area contributed by atoms with Crippen LogP contribution in [0.4, 0.5) is 11.4 Å². The Morgan fingerprint density at radius 3 is 2.56 bits per heavy atom. The smallest absolute Gasteiger partial charge is 0.227 e. The number of hydrogen-bond acceptors (Lipinski definition) is 6. The molecule has 1 aliphatic heterocycles. The number of hydrogen-bond donors (Lipinski definition) is 1. The molecule has 0 fully saturated rings. The third-order valence-electron chi connectivity index (χ3n) is 5.54. The number of aromatic nitrogens is 2. The molecule has 2 aromatic heterocycles. The first-order chi connectivity index (χ1) is 15.6. The van der Waals surface area contributed by atoms with Crippen LogP contribution >= 0.6 is 0 Å². The van der Waals surface area contributed by atoms with Crippen LogP contribution in [0.1, 0.15) is 16.1 Å². The Morgan fingerprint density at radius 2 is 1.78 bits per heavy atom. The van der Waals surface area contributed by atoms with E-state index in [4.69, 9.17) is 4.74 Å². The molecule has 2 aromatic carbocycles. The molecule has 4 aromatic rings. The molecule has 0 saturated heterocycles. The van der Waals surface area contributed by atoms with Gasteiger partial charge in [0.05, 0.1) is 11.4 Å². The second-order valence-corrected chi connectivity index (χ2v) is 7.71. The molecule has 1 unspecified atom stereocenters. The summed E-state index contributed by atoms with van der Waals surface area (Å²) in [7, 11) is 1.92. The van der Waals surface area contributed by atoms with Gasteiger partial charge in [0.2, 0.25) is 11.7 Å². The maximum Gasteiger partial charge on any atom is 0.227 e. The van der Waals surface area contributed by atoms with Crippen LogP contribution in [0, 0.1) is 6.92 Å². The molecule has 0 aliphatic carbocycles. The van der Waals surface area contributed by atoms with Crippen LogP contribution in [0.2, 0.25) is 0 Å². The van der Waals surface area contributed by atoms with E-state index in [2.05, 4.69) is 15.3 Å². The maximum atomic E-state index is 13.1. The highest BCUT2D eigenvalue weighted by Crippen LogP contribution is 2.35. The average molecular weight is 422 g/mol. The number of ketones is 1. The summed E-state index contributed by atoms with van der Waals surface area (Å²) in [4.78, 5) is 23.7. The standard InChI is InChI=1S/C26H22N4O2/c1-17-16-19(13-15-27-17)21-6-5-14-28-26(21)32-20-11-9-18(10-12-20)24(31)25-29-22-7-3-4-8-23(22)30(25)2/h3-16,25,29H,1-2H3. The number of aryl methyl sites for hydroxylation is 1. The first-order valence-corrected chi connectivity index (χ1v) is 10.4. The van der Waals surface area contributed by atoms with Crippen LogP contribution < -0.4 is 15.0 Å². The van der Waals surface area contributed by atoms with Gasteiger partial charge in [-0.15, -0.1) is 0 Å². The summed E-state index contributed by atoms with van der Waals surface area (Å²) in [6, 6.07) is 22.8. The topological polar surface area (TPSA) is 67.3 Å². The number of ether oxygens (including phenoxy) is 1. The highest BCUT2D eigenvalue weighted by atomic mass is 16.5. The van der Waals surface area contributed by atoms with Gasteiger partial charge in [0.15, 0.2) is 6.17 Å². The minimum atomic E-state index is -0.434. The zero-order chi connectivity index (χ0) is 22.1. The number of carbonyl (C=O) groups excluding carboxylic acids is 1. The van der Waals surface area contributed by atoms with Gasteiger partial charge in [0, 0.05) is 36.3 Å². The number of benzene rings is 2. The number of pyridine rings is 2. The van der Waals surface area contributed by atoms with Gasteiger partial charge in [-0.05, 0) is 73.2 Å². The van der Waals surface area contributed by atoms with Crippen molar-refractivity contribution in [2.75, 3.05) is 17.3 Å². The van der Waals surface area contributed by atoms with Gasteiger partial charge < -0.3 is 15.0 Å². The van der Waals surface area contributed by atoms with E-state index in [1.165, 1.54) is 0 Å². The van der Waals surface area contributed by atoms with Crippen molar-refractivity contribution in [3.05, 3.63) is 96.4 Å². The van der Waals surface area contributed by atoms with Gasteiger partial charge in [-0.3, -0.25) is 9.78 Å². The van der Waals surface area contributed by atoms with Crippen LogP contribution in [-0.4, -0.2) is 29.0 Å². The van der Waals surface area contributed by atoms with Crippen molar-refractivity contribution in [3.63, 3.8) is 0 Å². The predicted molar refractivity (Wildman–Crippen MR) is 125 cm³/mol. The number of para-hydroxylation sites is 2. The fourth-order valence-corrected chi connectivity index (χ4v) is 3.89. The quantitative estimate of drug-likeness (QED) is 0.439. The molecule has 32 heavy (non-hydrogen) atoms. The summed E-state index contributed by atoms with van der Waals surface area (Å²) in [5, 5.41) is 3.30. The second kappa shape index (κ2) is 8.15. The molecule has 0 spiro atoms. The number of nitrogens with one attached hydrogen (secondary N) is 1. The molecule has 158 valence electrons. The van der Waals surface area contributed by atoms with Crippen LogP contribution in [0.15, 0.2) is 85.2 Å². The molecule has 0 amide bonds. The van der Waals surface area contributed by atoms with Crippen molar-refractivity contribution in [3.8, 4) is 22.8 Å². The molecule has 3 heterocycles. The molecule has 0 radical (unpaired) electrons. The number of likely N-dealkylation sites (N-methyl/N-ethyl adjacent to an activating group) is 1. The molecule has 0 bridgehead atoms. The average Bonchev–Trinajstić information content (AvgIpc) is 3.16. The molecule has 6 heteroatoms. The number of fused-ring (bicyclic) bond motifs is 1. The Labute approximate surface area is 186 Å². The van der Waals surface area contributed by atoms with E-state index in [1.807, 2.05) is 67.4 Å². The number of anilines is 2. The van der Waals surface area contributed by atoms with E-state index in [9.17, 15) is 4.79 Å². The van der Waals surface area contributed by atoms with Crippen LogP contribution in [-0.2, 0) is 0 Å². The molecule has 0 saturated carbocycles. The fraction of sp³-hybridized carbons (Fsp3) is 0.115. The van der Waals surface area contributed by atoms with Crippen molar-refractivity contribution >= 4 is 17.2 Å². The van der Waals surface area contributed by atoms with Crippen molar-refractivity contribution in [2.45, 2.75) is 13.1 Å². The van der Waals surface area contributed by atoms with Crippen molar-refractivity contribution in [2.24, 2.45) is 0 Å². The summed E-state index contributed by atoms with van der Waals surface area (Å²) in [5.74, 6) is 1.12. The minimum absolute atomic E-state index is 0.000959. The van der Waals surface area contributed by atoms with Crippen LogP contribution in [0.25, 0.3) is 11.1 Å². The highest BCUT2D eigenvalue weighted by Gasteiger charge is 2.31. The second-order valence-electron chi connectivity index (χ2n) is 7.71. The van der Waals surface area contributed by atoms with E-state index in [0.29, 0.717) is 17.2 Å². The highest BCUT2D eigenvalue weighted by molar-refractivity contribution is 6.05. The lowest BCUT2D eigenvalue weighted by Crippen LogP contribution is -2.39. The van der Waals surface area contributed by atoms with Gasteiger partial charge in [0.1, 0.15) is 5.75 Å². The van der Waals surface area contributed by atoms with Crippen LogP contribution in [0.5, 0.6) is 11.6 Å². The first kappa shape index (κ1) is 19.8. The lowest BCUT2D eigenvalue weighted by atomic mass is 10.1.